The molecular formula is C16H14BrClN2O. The Kier molecular flexibility index (Phi) is 4.17. The Labute approximate surface area is 136 Å². The monoisotopic (exact) mass is 364 g/mol. The highest BCUT2D eigenvalue weighted by Crippen LogP contribution is 2.25. The molecule has 2 aromatic carbocycles. The van der Waals surface area contributed by atoms with Gasteiger partial charge in [-0.2, -0.15) is 0 Å². The summed E-state index contributed by atoms with van der Waals surface area (Å²) >= 11 is 9.65. The number of hydrogen-bond donors (Lipinski definition) is 0. The molecule has 0 amide bonds. The summed E-state index contributed by atoms with van der Waals surface area (Å²) < 4.78 is 8.48. The predicted molar refractivity (Wildman–Crippen MR) is 89.1 cm³/mol. The van der Waals surface area contributed by atoms with Gasteiger partial charge in [0.1, 0.15) is 11.6 Å². The minimum absolute atomic E-state index is 0.376. The van der Waals surface area contributed by atoms with Crippen molar-refractivity contribution in [3.05, 3.63) is 58.3 Å². The molecule has 3 rings (SSSR count). The molecule has 3 nitrogen and oxygen atoms in total. The van der Waals surface area contributed by atoms with Gasteiger partial charge >= 0.3 is 0 Å². The SMILES string of the molecule is COc1ccc2c(c1)nc(CCl)n2Cc1ccccc1Br. The predicted octanol–water partition coefficient (Wildman–Crippen LogP) is 4.59. The van der Waals surface area contributed by atoms with E-state index in [9.17, 15) is 0 Å². The third kappa shape index (κ3) is 2.78. The van der Waals surface area contributed by atoms with Crippen LogP contribution in [0.5, 0.6) is 5.75 Å². The van der Waals surface area contributed by atoms with Crippen LogP contribution in [-0.4, -0.2) is 16.7 Å². The van der Waals surface area contributed by atoms with E-state index < -0.39 is 0 Å². The molecule has 0 unspecified atom stereocenters. The second-order valence-corrected chi connectivity index (χ2v) is 5.82. The minimum Gasteiger partial charge on any atom is -0.497 e. The minimum atomic E-state index is 0.376. The zero-order chi connectivity index (χ0) is 14.8. The summed E-state index contributed by atoms with van der Waals surface area (Å²) in [6, 6.07) is 14.1. The maximum absolute atomic E-state index is 6.06. The van der Waals surface area contributed by atoms with Gasteiger partial charge in [0, 0.05) is 10.5 Å². The summed E-state index contributed by atoms with van der Waals surface area (Å²) in [5.74, 6) is 2.03. The van der Waals surface area contributed by atoms with Gasteiger partial charge in [0.15, 0.2) is 0 Å². The standard InChI is InChI=1S/C16H14BrClN2O/c1-21-12-6-7-15-14(8-12)19-16(9-18)20(15)10-11-4-2-3-5-13(11)17/h2-8H,9-10H2,1H3. The number of rotatable bonds is 4. The summed E-state index contributed by atoms with van der Waals surface area (Å²) in [4.78, 5) is 4.60. The molecule has 0 spiro atoms. The molecule has 1 heterocycles. The van der Waals surface area contributed by atoms with Crippen molar-refractivity contribution in [1.29, 1.82) is 0 Å². The molecule has 0 saturated heterocycles. The van der Waals surface area contributed by atoms with Crippen molar-refractivity contribution in [2.45, 2.75) is 12.4 Å². The molecule has 21 heavy (non-hydrogen) atoms. The first kappa shape index (κ1) is 14.4. The number of fused-ring (bicyclic) bond motifs is 1. The van der Waals surface area contributed by atoms with Gasteiger partial charge in [-0.15, -0.1) is 11.6 Å². The lowest BCUT2D eigenvalue weighted by Gasteiger charge is -2.09. The Bertz CT molecular complexity index is 785. The van der Waals surface area contributed by atoms with E-state index in [0.717, 1.165) is 33.6 Å². The third-order valence-corrected chi connectivity index (χ3v) is 4.45. The molecule has 0 aliphatic carbocycles. The van der Waals surface area contributed by atoms with E-state index in [4.69, 9.17) is 16.3 Å². The molecule has 0 saturated carbocycles. The lowest BCUT2D eigenvalue weighted by atomic mass is 10.2. The number of benzene rings is 2. The number of imidazole rings is 1. The van der Waals surface area contributed by atoms with Gasteiger partial charge in [0.2, 0.25) is 0 Å². The highest BCUT2D eigenvalue weighted by atomic mass is 79.9. The van der Waals surface area contributed by atoms with E-state index >= 15 is 0 Å². The van der Waals surface area contributed by atoms with E-state index in [1.165, 1.54) is 5.56 Å². The number of nitrogens with zero attached hydrogens (tertiary/aromatic N) is 2. The molecule has 0 radical (unpaired) electrons. The van der Waals surface area contributed by atoms with Crippen molar-refractivity contribution >= 4 is 38.6 Å². The first-order chi connectivity index (χ1) is 10.2. The number of aromatic nitrogens is 2. The van der Waals surface area contributed by atoms with E-state index in [1.54, 1.807) is 7.11 Å². The van der Waals surface area contributed by atoms with Crippen LogP contribution in [0.2, 0.25) is 0 Å². The Balaban J connectivity index is 2.10. The number of alkyl halides is 1. The second kappa shape index (κ2) is 6.08. The van der Waals surface area contributed by atoms with Crippen molar-refractivity contribution in [2.75, 3.05) is 7.11 Å². The zero-order valence-corrected chi connectivity index (χ0v) is 13.9. The molecule has 0 atom stereocenters. The fraction of sp³-hybridized carbons (Fsp3) is 0.188. The van der Waals surface area contributed by atoms with Crippen LogP contribution in [0.25, 0.3) is 11.0 Å². The summed E-state index contributed by atoms with van der Waals surface area (Å²) in [6.45, 7) is 0.728. The van der Waals surface area contributed by atoms with Gasteiger partial charge in [-0.05, 0) is 23.8 Å². The van der Waals surface area contributed by atoms with Gasteiger partial charge in [-0.3, -0.25) is 0 Å². The van der Waals surface area contributed by atoms with Crippen LogP contribution in [0.4, 0.5) is 0 Å². The van der Waals surface area contributed by atoms with Crippen molar-refractivity contribution in [3.8, 4) is 5.75 Å². The molecule has 5 heteroatoms. The third-order valence-electron chi connectivity index (χ3n) is 3.44. The molecule has 0 fully saturated rings. The van der Waals surface area contributed by atoms with Crippen LogP contribution >= 0.6 is 27.5 Å². The van der Waals surface area contributed by atoms with Crippen LogP contribution < -0.4 is 4.74 Å². The number of methoxy groups -OCH3 is 1. The van der Waals surface area contributed by atoms with E-state index in [-0.39, 0.29) is 0 Å². The highest BCUT2D eigenvalue weighted by molar-refractivity contribution is 9.10. The van der Waals surface area contributed by atoms with Crippen LogP contribution in [0.1, 0.15) is 11.4 Å². The highest BCUT2D eigenvalue weighted by Gasteiger charge is 2.12. The Morgan fingerprint density at radius 2 is 2.05 bits per heavy atom. The topological polar surface area (TPSA) is 27.1 Å². The number of halogens is 2. The van der Waals surface area contributed by atoms with Crippen LogP contribution in [0, 0.1) is 0 Å². The van der Waals surface area contributed by atoms with Crippen molar-refractivity contribution in [3.63, 3.8) is 0 Å². The van der Waals surface area contributed by atoms with E-state index in [2.05, 4.69) is 31.5 Å². The van der Waals surface area contributed by atoms with Crippen molar-refractivity contribution in [2.24, 2.45) is 0 Å². The smallest absolute Gasteiger partial charge is 0.125 e. The summed E-state index contributed by atoms with van der Waals surface area (Å²) in [5.41, 5.74) is 3.15. The number of ether oxygens (including phenoxy) is 1. The average molecular weight is 366 g/mol. The number of hydrogen-bond acceptors (Lipinski definition) is 2. The van der Waals surface area contributed by atoms with Crippen molar-refractivity contribution < 1.29 is 4.74 Å². The zero-order valence-electron chi connectivity index (χ0n) is 11.5. The lowest BCUT2D eigenvalue weighted by molar-refractivity contribution is 0.415. The fourth-order valence-electron chi connectivity index (χ4n) is 2.36. The van der Waals surface area contributed by atoms with E-state index in [1.807, 2.05) is 36.4 Å². The molecule has 0 aliphatic rings. The van der Waals surface area contributed by atoms with Gasteiger partial charge in [0.25, 0.3) is 0 Å². The van der Waals surface area contributed by atoms with Crippen LogP contribution in [-0.2, 0) is 12.4 Å². The fourth-order valence-corrected chi connectivity index (χ4v) is 2.98. The average Bonchev–Trinajstić information content (AvgIpc) is 2.86. The molecular weight excluding hydrogens is 352 g/mol. The first-order valence-electron chi connectivity index (χ1n) is 6.55. The Morgan fingerprint density at radius 3 is 2.76 bits per heavy atom. The molecule has 0 bridgehead atoms. The molecule has 108 valence electrons. The molecule has 1 aromatic heterocycles. The van der Waals surface area contributed by atoms with Crippen molar-refractivity contribution in [1.82, 2.24) is 9.55 Å². The van der Waals surface area contributed by atoms with Gasteiger partial charge in [0.05, 0.1) is 30.6 Å². The molecule has 0 aliphatic heterocycles. The van der Waals surface area contributed by atoms with E-state index in [0.29, 0.717) is 5.88 Å². The van der Waals surface area contributed by atoms with Gasteiger partial charge in [-0.1, -0.05) is 34.1 Å². The van der Waals surface area contributed by atoms with Crippen LogP contribution in [0.3, 0.4) is 0 Å². The summed E-state index contributed by atoms with van der Waals surface area (Å²) in [7, 11) is 1.65. The second-order valence-electron chi connectivity index (χ2n) is 4.69. The quantitative estimate of drug-likeness (QED) is 0.632. The normalized spacial score (nSPS) is 11.0. The summed E-state index contributed by atoms with van der Waals surface area (Å²) in [6.07, 6.45) is 0. The molecule has 0 N–H and O–H groups in total. The first-order valence-corrected chi connectivity index (χ1v) is 7.88. The maximum atomic E-state index is 6.06. The van der Waals surface area contributed by atoms with Gasteiger partial charge < -0.3 is 9.30 Å². The largest absolute Gasteiger partial charge is 0.497 e. The summed E-state index contributed by atoms with van der Waals surface area (Å²) in [5, 5.41) is 0. The Hall–Kier alpha value is -1.52. The Morgan fingerprint density at radius 1 is 1.24 bits per heavy atom. The van der Waals surface area contributed by atoms with Crippen LogP contribution in [0.15, 0.2) is 46.9 Å². The van der Waals surface area contributed by atoms with Gasteiger partial charge in [-0.25, -0.2) is 4.98 Å². The maximum Gasteiger partial charge on any atom is 0.125 e. The molecule has 3 aromatic rings. The lowest BCUT2D eigenvalue weighted by Crippen LogP contribution is -2.04.